The van der Waals surface area contributed by atoms with Gasteiger partial charge in [-0.15, -0.1) is 11.3 Å². The van der Waals surface area contributed by atoms with Crippen molar-refractivity contribution in [1.82, 2.24) is 10.3 Å². The van der Waals surface area contributed by atoms with Gasteiger partial charge in [0.15, 0.2) is 5.82 Å². The summed E-state index contributed by atoms with van der Waals surface area (Å²) in [6, 6.07) is 7.77. The third-order valence-electron chi connectivity index (χ3n) is 3.91. The van der Waals surface area contributed by atoms with Gasteiger partial charge in [-0.3, -0.25) is 14.6 Å². The zero-order chi connectivity index (χ0) is 19.0. The fraction of sp³-hybridized carbons (Fsp3) is 0.0556. The topological polar surface area (TPSA) is 71.1 Å². The molecular formula is C18H11F2N3O2S2. The van der Waals surface area contributed by atoms with Gasteiger partial charge in [-0.2, -0.15) is 0 Å². The Morgan fingerprint density at radius 2 is 2.04 bits per heavy atom. The number of aromatic nitrogens is 1. The number of rotatable bonds is 3. The van der Waals surface area contributed by atoms with Gasteiger partial charge in [0.05, 0.1) is 23.3 Å². The van der Waals surface area contributed by atoms with Crippen molar-refractivity contribution in [2.75, 3.05) is 5.32 Å². The first-order chi connectivity index (χ1) is 13.0. The van der Waals surface area contributed by atoms with Crippen LogP contribution in [0.15, 0.2) is 51.8 Å². The van der Waals surface area contributed by atoms with Gasteiger partial charge >= 0.3 is 0 Å². The largest absolute Gasteiger partial charge is 0.347 e. The zero-order valence-corrected chi connectivity index (χ0v) is 15.2. The highest BCUT2D eigenvalue weighted by atomic mass is 32.2. The first-order valence-corrected chi connectivity index (χ1v) is 9.50. The molecule has 0 unspecified atom stereocenters. The lowest BCUT2D eigenvalue weighted by Gasteiger charge is -2.12. The summed E-state index contributed by atoms with van der Waals surface area (Å²) in [7, 11) is 0. The summed E-state index contributed by atoms with van der Waals surface area (Å²) in [6.07, 6.45) is 1.56. The Kier molecular flexibility index (Phi) is 4.63. The minimum Gasteiger partial charge on any atom is -0.347 e. The maximum Gasteiger partial charge on any atom is 0.257 e. The van der Waals surface area contributed by atoms with E-state index in [2.05, 4.69) is 15.6 Å². The molecule has 2 amide bonds. The van der Waals surface area contributed by atoms with Gasteiger partial charge in [-0.05, 0) is 18.2 Å². The number of carbonyl (C=O) groups is 2. The van der Waals surface area contributed by atoms with Crippen LogP contribution in [-0.4, -0.2) is 16.8 Å². The van der Waals surface area contributed by atoms with Crippen LogP contribution in [0.25, 0.3) is 0 Å². The quantitative estimate of drug-likeness (QED) is 0.692. The molecule has 5 nitrogen and oxygen atoms in total. The van der Waals surface area contributed by atoms with Crippen molar-refractivity contribution in [3.63, 3.8) is 0 Å². The van der Waals surface area contributed by atoms with E-state index in [0.29, 0.717) is 10.5 Å². The van der Waals surface area contributed by atoms with Gasteiger partial charge in [0.25, 0.3) is 11.8 Å². The van der Waals surface area contributed by atoms with Crippen molar-refractivity contribution in [2.45, 2.75) is 16.3 Å². The second-order valence-corrected chi connectivity index (χ2v) is 7.68. The van der Waals surface area contributed by atoms with Crippen molar-refractivity contribution in [2.24, 2.45) is 0 Å². The lowest BCUT2D eigenvalue weighted by Crippen LogP contribution is -2.25. The Hall–Kier alpha value is -2.78. The average Bonchev–Trinajstić information content (AvgIpc) is 3.12. The van der Waals surface area contributed by atoms with E-state index in [0.717, 1.165) is 22.7 Å². The fourth-order valence-electron chi connectivity index (χ4n) is 2.63. The molecule has 1 aromatic heterocycles. The number of hydrogen-bond acceptors (Lipinski definition) is 5. The average molecular weight is 403 g/mol. The maximum atomic E-state index is 15.0. The van der Waals surface area contributed by atoms with Gasteiger partial charge < -0.3 is 10.6 Å². The SMILES string of the molecule is O=C1Nc2c(cc(F)c(C(=O)NCc3cncs3)c2F)Sc2ccccc21. The Morgan fingerprint density at radius 3 is 2.81 bits per heavy atom. The Labute approximate surface area is 160 Å². The molecule has 0 saturated carbocycles. The summed E-state index contributed by atoms with van der Waals surface area (Å²) in [6.45, 7) is 0.103. The number of amides is 2. The van der Waals surface area contributed by atoms with Gasteiger partial charge in [0.2, 0.25) is 0 Å². The molecule has 136 valence electrons. The molecule has 4 rings (SSSR count). The van der Waals surface area contributed by atoms with E-state index >= 15 is 0 Å². The second kappa shape index (κ2) is 7.09. The van der Waals surface area contributed by atoms with Gasteiger partial charge in [-0.25, -0.2) is 8.78 Å². The number of nitrogens with one attached hydrogen (secondary N) is 2. The van der Waals surface area contributed by atoms with Crippen LogP contribution in [0.1, 0.15) is 25.6 Å². The number of benzene rings is 2. The van der Waals surface area contributed by atoms with Crippen molar-refractivity contribution in [3.8, 4) is 0 Å². The second-order valence-electron chi connectivity index (χ2n) is 5.62. The molecule has 2 aromatic carbocycles. The van der Waals surface area contributed by atoms with Crippen molar-refractivity contribution >= 4 is 40.6 Å². The number of carbonyl (C=O) groups excluding carboxylic acids is 2. The predicted octanol–water partition coefficient (Wildman–Crippen LogP) is 4.07. The number of fused-ring (bicyclic) bond motifs is 2. The van der Waals surface area contributed by atoms with Crippen LogP contribution in [0.3, 0.4) is 0 Å². The van der Waals surface area contributed by atoms with Gasteiger partial charge in [0.1, 0.15) is 11.4 Å². The van der Waals surface area contributed by atoms with Crippen LogP contribution in [0, 0.1) is 11.6 Å². The van der Waals surface area contributed by atoms with Crippen LogP contribution in [-0.2, 0) is 6.54 Å². The summed E-state index contributed by atoms with van der Waals surface area (Å²) < 4.78 is 29.5. The molecule has 2 heterocycles. The standard InChI is InChI=1S/C18H11F2N3O2S2/c19-11-5-13-16(23-17(24)10-3-1-2-4-12(10)27-13)15(20)14(11)18(25)22-7-9-6-21-8-26-9/h1-6,8H,7H2,(H,22,25)(H,23,24). The van der Waals surface area contributed by atoms with E-state index in [-0.39, 0.29) is 17.1 Å². The summed E-state index contributed by atoms with van der Waals surface area (Å²) in [4.78, 5) is 30.1. The Balaban J connectivity index is 1.69. The first-order valence-electron chi connectivity index (χ1n) is 7.80. The minimum atomic E-state index is -1.10. The predicted molar refractivity (Wildman–Crippen MR) is 98.2 cm³/mol. The molecular weight excluding hydrogens is 392 g/mol. The van der Waals surface area contributed by atoms with E-state index in [9.17, 15) is 18.4 Å². The van der Waals surface area contributed by atoms with Crippen LogP contribution in [0.5, 0.6) is 0 Å². The number of hydrogen-bond donors (Lipinski definition) is 2. The number of nitrogens with zero attached hydrogens (tertiary/aromatic N) is 1. The fourth-order valence-corrected chi connectivity index (χ4v) is 4.22. The molecule has 27 heavy (non-hydrogen) atoms. The smallest absolute Gasteiger partial charge is 0.257 e. The zero-order valence-electron chi connectivity index (χ0n) is 13.6. The highest BCUT2D eigenvalue weighted by Crippen LogP contribution is 2.41. The highest BCUT2D eigenvalue weighted by Gasteiger charge is 2.28. The lowest BCUT2D eigenvalue weighted by atomic mass is 10.1. The highest BCUT2D eigenvalue weighted by molar-refractivity contribution is 7.99. The third kappa shape index (κ3) is 3.31. The van der Waals surface area contributed by atoms with Crippen LogP contribution >= 0.6 is 23.1 Å². The molecule has 1 aliphatic heterocycles. The molecule has 0 aliphatic carbocycles. The first kappa shape index (κ1) is 17.6. The summed E-state index contributed by atoms with van der Waals surface area (Å²) in [5.41, 5.74) is 1.01. The molecule has 3 aromatic rings. The van der Waals surface area contributed by atoms with Gasteiger partial charge in [0, 0.05) is 20.9 Å². The lowest BCUT2D eigenvalue weighted by molar-refractivity contribution is 0.0941. The molecule has 0 saturated heterocycles. The Morgan fingerprint density at radius 1 is 1.22 bits per heavy atom. The normalized spacial score (nSPS) is 12.6. The maximum absolute atomic E-state index is 15.0. The molecule has 1 aliphatic rings. The molecule has 0 fully saturated rings. The van der Waals surface area contributed by atoms with Crippen molar-refractivity contribution in [3.05, 3.63) is 69.7 Å². The third-order valence-corrected chi connectivity index (χ3v) is 5.80. The van der Waals surface area contributed by atoms with Crippen molar-refractivity contribution < 1.29 is 18.4 Å². The molecule has 0 radical (unpaired) electrons. The molecule has 0 atom stereocenters. The number of halogens is 2. The van der Waals surface area contributed by atoms with E-state index < -0.39 is 29.0 Å². The summed E-state index contributed by atoms with van der Waals surface area (Å²) in [5, 5.41) is 4.92. The minimum absolute atomic E-state index is 0.103. The molecule has 0 spiro atoms. The summed E-state index contributed by atoms with van der Waals surface area (Å²) in [5.74, 6) is -3.50. The van der Waals surface area contributed by atoms with Crippen molar-refractivity contribution in [1.29, 1.82) is 0 Å². The molecule has 2 N–H and O–H groups in total. The molecule has 9 heteroatoms. The Bertz CT molecular complexity index is 1060. The monoisotopic (exact) mass is 403 g/mol. The van der Waals surface area contributed by atoms with E-state index in [4.69, 9.17) is 0 Å². The van der Waals surface area contributed by atoms with Crippen LogP contribution in [0.4, 0.5) is 14.5 Å². The van der Waals surface area contributed by atoms with Gasteiger partial charge in [-0.1, -0.05) is 23.9 Å². The summed E-state index contributed by atoms with van der Waals surface area (Å²) >= 11 is 2.38. The number of anilines is 1. The van der Waals surface area contributed by atoms with Crippen LogP contribution in [0.2, 0.25) is 0 Å². The molecule has 0 bridgehead atoms. The van der Waals surface area contributed by atoms with E-state index in [1.807, 2.05) is 0 Å². The van der Waals surface area contributed by atoms with E-state index in [1.165, 1.54) is 11.3 Å². The number of thiazole rings is 1. The van der Waals surface area contributed by atoms with Crippen LogP contribution < -0.4 is 10.6 Å². The van der Waals surface area contributed by atoms with E-state index in [1.54, 1.807) is 36.0 Å².